The van der Waals surface area contributed by atoms with Crippen LogP contribution < -0.4 is 14.8 Å². The number of rotatable bonds is 7. The van der Waals surface area contributed by atoms with Gasteiger partial charge in [0.1, 0.15) is 5.01 Å². The molecule has 1 N–H and O–H groups in total. The number of hydrogen-bond acceptors (Lipinski definition) is 6. The quantitative estimate of drug-likeness (QED) is 0.817. The van der Waals surface area contributed by atoms with E-state index in [0.29, 0.717) is 33.8 Å². The van der Waals surface area contributed by atoms with Crippen molar-refractivity contribution in [3.8, 4) is 11.5 Å². The van der Waals surface area contributed by atoms with Gasteiger partial charge in [-0.25, -0.2) is 0 Å². The van der Waals surface area contributed by atoms with Gasteiger partial charge >= 0.3 is 0 Å². The molecule has 124 valence electrons. The molecule has 0 fully saturated rings. The summed E-state index contributed by atoms with van der Waals surface area (Å²) in [4.78, 5) is 12.3. The Kier molecular flexibility index (Phi) is 6.18. The number of benzene rings is 1. The number of hydrogen-bond donors (Lipinski definition) is 1. The second-order valence-electron chi connectivity index (χ2n) is 4.63. The lowest BCUT2D eigenvalue weighted by atomic mass is 10.2. The van der Waals surface area contributed by atoms with Crippen molar-refractivity contribution in [2.45, 2.75) is 26.7 Å². The molecule has 6 nitrogen and oxygen atoms in total. The Morgan fingerprint density at radius 2 is 2.13 bits per heavy atom. The topological polar surface area (TPSA) is 73.3 Å². The lowest BCUT2D eigenvalue weighted by Gasteiger charge is -2.12. The largest absolute Gasteiger partial charge is 0.493 e. The first kappa shape index (κ1) is 17.5. The Morgan fingerprint density at radius 3 is 2.78 bits per heavy atom. The van der Waals surface area contributed by atoms with Crippen LogP contribution in [0.5, 0.6) is 11.5 Å². The molecular weight excluding hydrogens is 338 g/mol. The predicted octanol–water partition coefficient (Wildman–Crippen LogP) is 3.80. The van der Waals surface area contributed by atoms with Crippen molar-refractivity contribution in [1.29, 1.82) is 0 Å². The summed E-state index contributed by atoms with van der Waals surface area (Å²) in [7, 11) is 1.50. The zero-order valence-corrected chi connectivity index (χ0v) is 14.8. The molecule has 0 radical (unpaired) electrons. The van der Waals surface area contributed by atoms with Gasteiger partial charge in [0.2, 0.25) is 5.13 Å². The summed E-state index contributed by atoms with van der Waals surface area (Å²) < 4.78 is 10.7. The third kappa shape index (κ3) is 4.33. The summed E-state index contributed by atoms with van der Waals surface area (Å²) in [6.07, 6.45) is 1.82. The highest BCUT2D eigenvalue weighted by Crippen LogP contribution is 2.36. The van der Waals surface area contributed by atoms with E-state index in [9.17, 15) is 4.79 Å². The number of carbonyl (C=O) groups excluding carboxylic acids is 1. The van der Waals surface area contributed by atoms with E-state index >= 15 is 0 Å². The van der Waals surface area contributed by atoms with Gasteiger partial charge in [0.15, 0.2) is 11.5 Å². The highest BCUT2D eigenvalue weighted by molar-refractivity contribution is 7.15. The third-order valence-corrected chi connectivity index (χ3v) is 4.11. The molecule has 1 aromatic carbocycles. The van der Waals surface area contributed by atoms with Gasteiger partial charge in [-0.05, 0) is 25.5 Å². The predicted molar refractivity (Wildman–Crippen MR) is 91.0 cm³/mol. The van der Waals surface area contributed by atoms with E-state index in [1.54, 1.807) is 12.1 Å². The minimum atomic E-state index is -0.326. The maximum atomic E-state index is 12.3. The molecule has 0 atom stereocenters. The first-order valence-corrected chi connectivity index (χ1v) is 8.42. The highest BCUT2D eigenvalue weighted by Gasteiger charge is 2.17. The third-order valence-electron chi connectivity index (χ3n) is 2.93. The fourth-order valence-corrected chi connectivity index (χ4v) is 3.03. The van der Waals surface area contributed by atoms with Crippen LogP contribution in [0.2, 0.25) is 5.02 Å². The molecule has 8 heteroatoms. The first-order valence-electron chi connectivity index (χ1n) is 7.23. The zero-order chi connectivity index (χ0) is 16.8. The van der Waals surface area contributed by atoms with Crippen LogP contribution in [0.4, 0.5) is 5.13 Å². The van der Waals surface area contributed by atoms with Crippen LogP contribution in [0.15, 0.2) is 12.1 Å². The Bertz CT molecular complexity index is 691. The number of nitrogens with zero attached hydrogens (tertiary/aromatic N) is 2. The van der Waals surface area contributed by atoms with Crippen LogP contribution in [0.25, 0.3) is 0 Å². The molecule has 2 rings (SSSR count). The van der Waals surface area contributed by atoms with Crippen molar-refractivity contribution < 1.29 is 14.3 Å². The minimum absolute atomic E-state index is 0.320. The number of carbonyl (C=O) groups is 1. The second kappa shape index (κ2) is 8.12. The molecule has 1 amide bonds. The molecule has 0 aliphatic rings. The van der Waals surface area contributed by atoms with Crippen LogP contribution in [-0.2, 0) is 6.42 Å². The molecule has 0 spiro atoms. The standard InChI is InChI=1S/C15H18ClN3O3S/c1-4-6-12-18-19-15(23-12)17-14(20)9-7-10(16)13(22-5-2)11(8-9)21-3/h7-8H,4-6H2,1-3H3,(H,17,19,20). The van der Waals surface area contributed by atoms with E-state index in [2.05, 4.69) is 22.4 Å². The smallest absolute Gasteiger partial charge is 0.257 e. The molecule has 0 saturated carbocycles. The minimum Gasteiger partial charge on any atom is -0.493 e. The number of halogens is 1. The monoisotopic (exact) mass is 355 g/mol. The number of anilines is 1. The van der Waals surface area contributed by atoms with Crippen molar-refractivity contribution in [2.75, 3.05) is 19.0 Å². The lowest BCUT2D eigenvalue weighted by molar-refractivity contribution is 0.102. The Morgan fingerprint density at radius 1 is 1.35 bits per heavy atom. The summed E-state index contributed by atoms with van der Waals surface area (Å²) in [5.41, 5.74) is 0.363. The van der Waals surface area contributed by atoms with E-state index in [1.807, 2.05) is 6.92 Å². The summed E-state index contributed by atoms with van der Waals surface area (Å²) in [6, 6.07) is 3.12. The fourth-order valence-electron chi connectivity index (χ4n) is 1.92. The van der Waals surface area contributed by atoms with E-state index in [4.69, 9.17) is 21.1 Å². The van der Waals surface area contributed by atoms with Gasteiger partial charge < -0.3 is 9.47 Å². The molecule has 0 bridgehead atoms. The van der Waals surface area contributed by atoms with Gasteiger partial charge in [-0.15, -0.1) is 10.2 Å². The maximum Gasteiger partial charge on any atom is 0.257 e. The zero-order valence-electron chi connectivity index (χ0n) is 13.2. The Balaban J connectivity index is 2.19. The summed E-state index contributed by atoms with van der Waals surface area (Å²) in [5, 5.41) is 12.4. The van der Waals surface area contributed by atoms with Crippen LogP contribution >= 0.6 is 22.9 Å². The summed E-state index contributed by atoms with van der Waals surface area (Å²) in [6.45, 7) is 4.36. The van der Waals surface area contributed by atoms with Crippen LogP contribution in [0, 0.1) is 0 Å². The Hall–Kier alpha value is -1.86. The van der Waals surface area contributed by atoms with Crippen molar-refractivity contribution in [1.82, 2.24) is 10.2 Å². The molecule has 0 unspecified atom stereocenters. The van der Waals surface area contributed by atoms with Gasteiger partial charge in [0.25, 0.3) is 5.91 Å². The fraction of sp³-hybridized carbons (Fsp3) is 0.400. The van der Waals surface area contributed by atoms with Gasteiger partial charge in [-0.3, -0.25) is 10.1 Å². The van der Waals surface area contributed by atoms with Crippen molar-refractivity contribution in [3.05, 3.63) is 27.7 Å². The number of ether oxygens (including phenoxy) is 2. The van der Waals surface area contributed by atoms with Crippen LogP contribution in [0.3, 0.4) is 0 Å². The molecule has 0 aliphatic carbocycles. The van der Waals surface area contributed by atoms with E-state index in [1.165, 1.54) is 18.4 Å². The average molecular weight is 356 g/mol. The van der Waals surface area contributed by atoms with E-state index in [0.717, 1.165) is 17.8 Å². The van der Waals surface area contributed by atoms with Gasteiger partial charge in [-0.1, -0.05) is 29.9 Å². The number of amides is 1. The lowest BCUT2D eigenvalue weighted by Crippen LogP contribution is -2.12. The molecule has 0 aliphatic heterocycles. The number of methoxy groups -OCH3 is 1. The number of nitrogens with one attached hydrogen (secondary N) is 1. The maximum absolute atomic E-state index is 12.3. The molecule has 0 saturated heterocycles. The van der Waals surface area contributed by atoms with Gasteiger partial charge in [-0.2, -0.15) is 0 Å². The summed E-state index contributed by atoms with van der Waals surface area (Å²) in [5.74, 6) is 0.509. The average Bonchev–Trinajstić information content (AvgIpc) is 2.96. The number of aromatic nitrogens is 2. The first-order chi connectivity index (χ1) is 11.1. The SMILES string of the molecule is CCCc1nnc(NC(=O)c2cc(Cl)c(OCC)c(OC)c2)s1. The number of aryl methyl sites for hydroxylation is 1. The Labute approximate surface area is 143 Å². The normalized spacial score (nSPS) is 10.4. The van der Waals surface area contributed by atoms with Crippen molar-refractivity contribution in [2.24, 2.45) is 0 Å². The van der Waals surface area contributed by atoms with E-state index < -0.39 is 0 Å². The van der Waals surface area contributed by atoms with E-state index in [-0.39, 0.29) is 5.91 Å². The molecule has 1 heterocycles. The second-order valence-corrected chi connectivity index (χ2v) is 6.10. The van der Waals surface area contributed by atoms with Gasteiger partial charge in [0.05, 0.1) is 18.7 Å². The summed E-state index contributed by atoms with van der Waals surface area (Å²) >= 11 is 7.54. The van der Waals surface area contributed by atoms with Crippen molar-refractivity contribution >= 4 is 34.0 Å². The highest BCUT2D eigenvalue weighted by atomic mass is 35.5. The molecule has 2 aromatic rings. The van der Waals surface area contributed by atoms with Crippen molar-refractivity contribution in [3.63, 3.8) is 0 Å². The van der Waals surface area contributed by atoms with Crippen LogP contribution in [-0.4, -0.2) is 29.8 Å². The molecule has 1 aromatic heterocycles. The molecular formula is C15H18ClN3O3S. The van der Waals surface area contributed by atoms with Gasteiger partial charge in [0, 0.05) is 12.0 Å². The molecule has 23 heavy (non-hydrogen) atoms. The van der Waals surface area contributed by atoms with Crippen LogP contribution in [0.1, 0.15) is 35.6 Å².